The second-order valence-electron chi connectivity index (χ2n) is 12.3. The lowest BCUT2D eigenvalue weighted by atomic mass is 9.89. The molecule has 4 atom stereocenters. The second-order valence-corrected chi connectivity index (χ2v) is 15.9. The first kappa shape index (κ1) is 31.5. The number of hydrogen-bond acceptors (Lipinski definition) is 5. The van der Waals surface area contributed by atoms with Gasteiger partial charge in [-0.2, -0.15) is 0 Å². The molecule has 0 radical (unpaired) electrons. The van der Waals surface area contributed by atoms with Crippen molar-refractivity contribution in [1.82, 2.24) is 4.90 Å². The Morgan fingerprint density at radius 3 is 2.23 bits per heavy atom. The maximum absolute atomic E-state index is 14.5. The highest BCUT2D eigenvalue weighted by atomic mass is 35.5. The number of anilines is 1. The van der Waals surface area contributed by atoms with Gasteiger partial charge in [0.15, 0.2) is 9.84 Å². The quantitative estimate of drug-likeness (QED) is 0.271. The van der Waals surface area contributed by atoms with Crippen LogP contribution in [-0.4, -0.2) is 47.8 Å². The molecule has 0 spiro atoms. The Labute approximate surface area is 263 Å². The summed E-state index contributed by atoms with van der Waals surface area (Å²) in [4.78, 5) is 29.4. The Balaban J connectivity index is 1.60. The molecule has 1 aliphatic carbocycles. The van der Waals surface area contributed by atoms with E-state index in [1.54, 1.807) is 80.3 Å². The Morgan fingerprint density at radius 2 is 1.63 bits per heavy atom. The highest BCUT2D eigenvalue weighted by molar-refractivity contribution is 7.92. The minimum Gasteiger partial charge on any atom is -0.357 e. The predicted octanol–water partition coefficient (Wildman–Crippen LogP) is 7.02. The number of carbonyl (C=O) groups excluding carboxylic acids is 2. The standard InChI is InChI=1S/C33H36Cl2N2O5S/c1-33(2,3)43(40,41)20-27(21-12-13-21)37-30(22-14-16-24(34)17-15-22)31(23-8-7-9-25(35)18-23)42-28(32(37)39)19-29(38)36-26-10-5-4-6-11-26/h4-11,14-18,21,27-28,30-31H,12-13,19-20H2,1-3H3,(H,36,38)/t27-,28-,30-,31-/m1/s1. The van der Waals surface area contributed by atoms with Crippen LogP contribution in [0.1, 0.15) is 63.3 Å². The smallest absolute Gasteiger partial charge is 0.253 e. The first-order chi connectivity index (χ1) is 20.3. The van der Waals surface area contributed by atoms with E-state index in [0.717, 1.165) is 18.4 Å². The fourth-order valence-corrected chi connectivity index (χ4v) is 7.21. The number of amides is 2. The van der Waals surface area contributed by atoms with E-state index in [9.17, 15) is 18.0 Å². The summed E-state index contributed by atoms with van der Waals surface area (Å²) in [7, 11) is -3.61. The number of hydrogen-bond donors (Lipinski definition) is 1. The number of sulfone groups is 1. The Morgan fingerprint density at radius 1 is 0.953 bits per heavy atom. The highest BCUT2D eigenvalue weighted by Crippen LogP contribution is 2.48. The number of nitrogens with one attached hydrogen (secondary N) is 1. The molecule has 2 fully saturated rings. The van der Waals surface area contributed by atoms with Crippen LogP contribution in [-0.2, 0) is 24.2 Å². The minimum absolute atomic E-state index is 0.00721. The maximum Gasteiger partial charge on any atom is 0.253 e. The molecule has 3 aromatic carbocycles. The lowest BCUT2D eigenvalue weighted by molar-refractivity contribution is -0.180. The summed E-state index contributed by atoms with van der Waals surface area (Å²) in [6, 6.07) is 22.0. The van der Waals surface area contributed by atoms with E-state index in [1.165, 1.54) is 0 Å². The molecule has 1 heterocycles. The van der Waals surface area contributed by atoms with Gasteiger partial charge >= 0.3 is 0 Å². The van der Waals surface area contributed by atoms with E-state index >= 15 is 0 Å². The predicted molar refractivity (Wildman–Crippen MR) is 170 cm³/mol. The number of para-hydroxylation sites is 1. The number of morpholine rings is 1. The topological polar surface area (TPSA) is 92.8 Å². The van der Waals surface area contributed by atoms with Crippen molar-refractivity contribution in [3.8, 4) is 0 Å². The van der Waals surface area contributed by atoms with Crippen LogP contribution in [0.2, 0.25) is 10.0 Å². The van der Waals surface area contributed by atoms with Gasteiger partial charge < -0.3 is 15.0 Å². The largest absolute Gasteiger partial charge is 0.357 e. The Kier molecular flexibility index (Phi) is 9.23. The molecule has 10 heteroatoms. The number of ether oxygens (including phenoxy) is 1. The van der Waals surface area contributed by atoms with Crippen LogP contribution in [0.4, 0.5) is 5.69 Å². The molecule has 0 unspecified atom stereocenters. The summed E-state index contributed by atoms with van der Waals surface area (Å²) < 4.78 is 32.8. The van der Waals surface area contributed by atoms with Gasteiger partial charge in [-0.15, -0.1) is 0 Å². The van der Waals surface area contributed by atoms with Crippen molar-refractivity contribution in [1.29, 1.82) is 0 Å². The molecule has 5 rings (SSSR count). The van der Waals surface area contributed by atoms with Gasteiger partial charge in [-0.1, -0.05) is 65.7 Å². The molecule has 1 saturated carbocycles. The first-order valence-corrected chi connectivity index (χ1v) is 16.8. The fourth-order valence-electron chi connectivity index (χ4n) is 5.50. The normalized spacial score (nSPS) is 21.8. The molecule has 7 nitrogen and oxygen atoms in total. The van der Waals surface area contributed by atoms with E-state index in [4.69, 9.17) is 27.9 Å². The summed E-state index contributed by atoms with van der Waals surface area (Å²) in [5, 5.41) is 3.86. The van der Waals surface area contributed by atoms with Crippen molar-refractivity contribution < 1.29 is 22.7 Å². The van der Waals surface area contributed by atoms with E-state index in [0.29, 0.717) is 21.3 Å². The van der Waals surface area contributed by atoms with Crippen molar-refractivity contribution in [3.63, 3.8) is 0 Å². The van der Waals surface area contributed by atoms with Crippen LogP contribution in [0.3, 0.4) is 0 Å². The van der Waals surface area contributed by atoms with Crippen LogP contribution < -0.4 is 5.32 Å². The van der Waals surface area contributed by atoms with Crippen molar-refractivity contribution in [2.75, 3.05) is 11.1 Å². The minimum atomic E-state index is -3.61. The summed E-state index contributed by atoms with van der Waals surface area (Å²) in [5.41, 5.74) is 2.06. The van der Waals surface area contributed by atoms with Gasteiger partial charge in [-0.25, -0.2) is 8.42 Å². The van der Waals surface area contributed by atoms with Crippen LogP contribution in [0.15, 0.2) is 78.9 Å². The SMILES string of the molecule is CC(C)(C)S(=O)(=O)C[C@H](C1CC1)N1C(=O)[C@@H](CC(=O)Nc2ccccc2)O[C@H](c2cccc(Cl)c2)[C@H]1c1ccc(Cl)cc1. The molecule has 1 aliphatic heterocycles. The number of halogens is 2. The number of nitrogens with zero attached hydrogens (tertiary/aromatic N) is 1. The van der Waals surface area contributed by atoms with Crippen LogP contribution in [0.25, 0.3) is 0 Å². The summed E-state index contributed by atoms with van der Waals surface area (Å²) in [5.74, 6) is -0.984. The van der Waals surface area contributed by atoms with Crippen molar-refractivity contribution in [2.45, 2.75) is 69.1 Å². The van der Waals surface area contributed by atoms with Crippen molar-refractivity contribution in [2.24, 2.45) is 5.92 Å². The van der Waals surface area contributed by atoms with Gasteiger partial charge in [0.1, 0.15) is 12.2 Å². The molecule has 228 valence electrons. The fraction of sp³-hybridized carbons (Fsp3) is 0.394. The lowest BCUT2D eigenvalue weighted by Gasteiger charge is -2.48. The number of benzene rings is 3. The Bertz CT molecular complexity index is 1570. The van der Waals surface area contributed by atoms with Crippen molar-refractivity contribution >= 4 is 50.5 Å². The molecule has 43 heavy (non-hydrogen) atoms. The lowest BCUT2D eigenvalue weighted by Crippen LogP contribution is -2.58. The van der Waals surface area contributed by atoms with Gasteiger partial charge in [0, 0.05) is 21.8 Å². The molecule has 1 saturated heterocycles. The van der Waals surface area contributed by atoms with Crippen LogP contribution in [0.5, 0.6) is 0 Å². The molecular weight excluding hydrogens is 607 g/mol. The summed E-state index contributed by atoms with van der Waals surface area (Å²) in [6.45, 7) is 5.03. The average molecular weight is 644 g/mol. The van der Waals surface area contributed by atoms with E-state index < -0.39 is 44.8 Å². The summed E-state index contributed by atoms with van der Waals surface area (Å²) in [6.07, 6.45) is -0.495. The zero-order valence-corrected chi connectivity index (χ0v) is 26.7. The third-order valence-corrected chi connectivity index (χ3v) is 11.2. The highest BCUT2D eigenvalue weighted by Gasteiger charge is 2.52. The Hall–Kier alpha value is -2.91. The van der Waals surface area contributed by atoms with Gasteiger partial charge in [0.2, 0.25) is 5.91 Å². The van der Waals surface area contributed by atoms with Crippen molar-refractivity contribution in [3.05, 3.63) is 100 Å². The molecule has 1 N–H and O–H groups in total. The zero-order valence-electron chi connectivity index (χ0n) is 24.4. The van der Waals surface area contributed by atoms with Gasteiger partial charge in [0.25, 0.3) is 5.91 Å². The third kappa shape index (κ3) is 7.26. The number of carbonyl (C=O) groups is 2. The van der Waals surface area contributed by atoms with E-state index in [-0.39, 0.29) is 24.0 Å². The molecule has 2 amide bonds. The van der Waals surface area contributed by atoms with Gasteiger partial charge in [-0.3, -0.25) is 9.59 Å². The van der Waals surface area contributed by atoms with Crippen LogP contribution in [0, 0.1) is 5.92 Å². The monoisotopic (exact) mass is 642 g/mol. The third-order valence-electron chi connectivity index (χ3n) is 8.09. The molecular formula is C33H36Cl2N2O5S. The average Bonchev–Trinajstić information content (AvgIpc) is 3.79. The second kappa shape index (κ2) is 12.6. The maximum atomic E-state index is 14.5. The van der Waals surface area contributed by atoms with Gasteiger partial charge in [-0.05, 0) is 87.1 Å². The molecule has 2 aliphatic rings. The zero-order chi connectivity index (χ0) is 30.9. The number of rotatable bonds is 9. The van der Waals surface area contributed by atoms with Gasteiger partial charge in [0.05, 0.1) is 23.0 Å². The van der Waals surface area contributed by atoms with E-state index in [2.05, 4.69) is 5.32 Å². The molecule has 0 aromatic heterocycles. The molecule has 3 aromatic rings. The molecule has 0 bridgehead atoms. The first-order valence-electron chi connectivity index (χ1n) is 14.4. The van der Waals surface area contributed by atoms with E-state index in [1.807, 2.05) is 24.3 Å². The van der Waals surface area contributed by atoms with Crippen LogP contribution >= 0.6 is 23.2 Å². The summed E-state index contributed by atoms with van der Waals surface area (Å²) >= 11 is 12.7.